The van der Waals surface area contributed by atoms with E-state index in [-0.39, 0.29) is 12.5 Å². The van der Waals surface area contributed by atoms with E-state index >= 15 is 0 Å². The van der Waals surface area contributed by atoms with E-state index in [9.17, 15) is 8.42 Å². The van der Waals surface area contributed by atoms with E-state index in [1.165, 1.54) is 0 Å². The van der Waals surface area contributed by atoms with E-state index in [2.05, 4.69) is 0 Å². The fourth-order valence-electron chi connectivity index (χ4n) is 1.79. The van der Waals surface area contributed by atoms with Crippen LogP contribution in [-0.2, 0) is 21.2 Å². The molecule has 1 heterocycles. The van der Waals surface area contributed by atoms with Gasteiger partial charge in [0.25, 0.3) is 0 Å². The molecular formula is C10H10Cl2O4S. The van der Waals surface area contributed by atoms with Crippen LogP contribution in [0.3, 0.4) is 0 Å². The number of benzene rings is 1. The Morgan fingerprint density at radius 3 is 2.71 bits per heavy atom. The average Bonchev–Trinajstić information content (AvgIpc) is 2.64. The van der Waals surface area contributed by atoms with E-state index in [1.54, 1.807) is 6.07 Å². The zero-order chi connectivity index (χ0) is 12.6. The molecule has 1 aliphatic rings. The maximum atomic E-state index is 11.1. The lowest BCUT2D eigenvalue weighted by Gasteiger charge is -2.10. The molecule has 0 aliphatic carbocycles. The topological polar surface area (TPSA) is 52.6 Å². The average molecular weight is 297 g/mol. The number of rotatable bonds is 3. The molecular weight excluding hydrogens is 287 g/mol. The van der Waals surface area contributed by atoms with Crippen molar-refractivity contribution in [3.8, 4) is 11.5 Å². The van der Waals surface area contributed by atoms with Crippen LogP contribution in [0.25, 0.3) is 0 Å². The SMILES string of the molecule is CCc1c(CS(=O)(=O)Cl)cc2c(c1Cl)OCO2. The highest BCUT2D eigenvalue weighted by atomic mass is 35.7. The Kier molecular flexibility index (Phi) is 3.43. The van der Waals surface area contributed by atoms with Crippen molar-refractivity contribution in [2.75, 3.05) is 6.79 Å². The van der Waals surface area contributed by atoms with Crippen molar-refractivity contribution in [3.05, 3.63) is 22.2 Å². The summed E-state index contributed by atoms with van der Waals surface area (Å²) in [6.07, 6.45) is 0.594. The molecule has 0 fully saturated rings. The molecule has 0 amide bonds. The van der Waals surface area contributed by atoms with E-state index in [1.807, 2.05) is 6.92 Å². The zero-order valence-corrected chi connectivity index (χ0v) is 11.3. The molecule has 0 unspecified atom stereocenters. The second kappa shape index (κ2) is 4.55. The summed E-state index contributed by atoms with van der Waals surface area (Å²) in [5.41, 5.74) is 1.27. The Labute approximate surface area is 109 Å². The summed E-state index contributed by atoms with van der Waals surface area (Å²) in [5, 5.41) is 0.401. The standard InChI is InChI=1S/C10H10Cl2O4S/c1-2-7-6(4-17(12,13)14)3-8-10(9(7)11)16-5-15-8/h3H,2,4-5H2,1H3. The first-order valence-corrected chi connectivity index (χ1v) is 7.80. The molecule has 2 rings (SSSR count). The van der Waals surface area contributed by atoms with Gasteiger partial charge in [0, 0.05) is 10.7 Å². The van der Waals surface area contributed by atoms with E-state index < -0.39 is 9.05 Å². The largest absolute Gasteiger partial charge is 0.454 e. The fourth-order valence-corrected chi connectivity index (χ4v) is 3.17. The van der Waals surface area contributed by atoms with Gasteiger partial charge in [-0.25, -0.2) is 8.42 Å². The van der Waals surface area contributed by atoms with Gasteiger partial charge in [-0.3, -0.25) is 0 Å². The number of hydrogen-bond acceptors (Lipinski definition) is 4. The Morgan fingerprint density at radius 2 is 2.12 bits per heavy atom. The number of fused-ring (bicyclic) bond motifs is 1. The lowest BCUT2D eigenvalue weighted by atomic mass is 10.1. The summed E-state index contributed by atoms with van der Waals surface area (Å²) in [6, 6.07) is 1.62. The molecule has 1 aromatic carbocycles. The Hall–Kier alpha value is -0.650. The molecule has 7 heteroatoms. The molecule has 4 nitrogen and oxygen atoms in total. The van der Waals surface area contributed by atoms with Crippen molar-refractivity contribution in [1.82, 2.24) is 0 Å². The van der Waals surface area contributed by atoms with Crippen LogP contribution in [-0.4, -0.2) is 15.2 Å². The van der Waals surface area contributed by atoms with Gasteiger partial charge in [-0.15, -0.1) is 0 Å². The van der Waals surface area contributed by atoms with Crippen molar-refractivity contribution in [3.63, 3.8) is 0 Å². The normalized spacial score (nSPS) is 14.1. The third-order valence-corrected chi connectivity index (χ3v) is 3.86. The van der Waals surface area contributed by atoms with Gasteiger partial charge in [-0.1, -0.05) is 18.5 Å². The van der Waals surface area contributed by atoms with Crippen molar-refractivity contribution < 1.29 is 17.9 Å². The summed E-state index contributed by atoms with van der Waals surface area (Å²) in [4.78, 5) is 0. The molecule has 0 saturated heterocycles. The maximum Gasteiger partial charge on any atom is 0.236 e. The van der Waals surface area contributed by atoms with Gasteiger partial charge >= 0.3 is 0 Å². The quantitative estimate of drug-likeness (QED) is 0.805. The minimum atomic E-state index is -3.63. The molecule has 17 heavy (non-hydrogen) atoms. The zero-order valence-electron chi connectivity index (χ0n) is 9.00. The molecule has 0 aromatic heterocycles. The minimum Gasteiger partial charge on any atom is -0.454 e. The highest BCUT2D eigenvalue weighted by Gasteiger charge is 2.24. The van der Waals surface area contributed by atoms with Crippen molar-refractivity contribution >= 4 is 31.3 Å². The van der Waals surface area contributed by atoms with Gasteiger partial charge < -0.3 is 9.47 Å². The molecule has 0 spiro atoms. The molecule has 1 aromatic rings. The summed E-state index contributed by atoms with van der Waals surface area (Å²) in [5.74, 6) is 0.662. The van der Waals surface area contributed by atoms with Crippen LogP contribution < -0.4 is 9.47 Å². The highest BCUT2D eigenvalue weighted by Crippen LogP contribution is 2.43. The van der Waals surface area contributed by atoms with Crippen LogP contribution in [0.2, 0.25) is 5.02 Å². The molecule has 94 valence electrons. The highest BCUT2D eigenvalue weighted by molar-refractivity contribution is 8.13. The molecule has 0 saturated carbocycles. The second-order valence-electron chi connectivity index (χ2n) is 3.60. The van der Waals surface area contributed by atoms with Gasteiger partial charge in [-0.2, -0.15) is 0 Å². The summed E-state index contributed by atoms with van der Waals surface area (Å²) in [6.45, 7) is 1.98. The van der Waals surface area contributed by atoms with Crippen LogP contribution in [0.5, 0.6) is 11.5 Å². The van der Waals surface area contributed by atoms with Crippen LogP contribution in [0.4, 0.5) is 0 Å². The number of hydrogen-bond donors (Lipinski definition) is 0. The Balaban J connectivity index is 2.55. The van der Waals surface area contributed by atoms with Crippen LogP contribution in [0.1, 0.15) is 18.1 Å². The van der Waals surface area contributed by atoms with E-state index in [0.717, 1.165) is 5.56 Å². The summed E-state index contributed by atoms with van der Waals surface area (Å²) >= 11 is 6.15. The second-order valence-corrected chi connectivity index (χ2v) is 6.75. The molecule has 0 bridgehead atoms. The van der Waals surface area contributed by atoms with Gasteiger partial charge in [-0.05, 0) is 23.6 Å². The molecule has 1 aliphatic heterocycles. The molecule has 0 atom stereocenters. The van der Waals surface area contributed by atoms with Crippen LogP contribution in [0.15, 0.2) is 6.07 Å². The monoisotopic (exact) mass is 296 g/mol. The van der Waals surface area contributed by atoms with Gasteiger partial charge in [0.15, 0.2) is 11.5 Å². The van der Waals surface area contributed by atoms with Crippen LogP contribution in [0, 0.1) is 0 Å². The van der Waals surface area contributed by atoms with Crippen molar-refractivity contribution in [2.45, 2.75) is 19.1 Å². The third kappa shape index (κ3) is 2.61. The Morgan fingerprint density at radius 1 is 1.41 bits per heavy atom. The summed E-state index contributed by atoms with van der Waals surface area (Å²) < 4.78 is 32.7. The first-order chi connectivity index (χ1) is 7.92. The predicted octanol–water partition coefficient (Wildman–Crippen LogP) is 2.70. The molecule has 0 radical (unpaired) electrons. The lowest BCUT2D eigenvalue weighted by molar-refractivity contribution is 0.174. The van der Waals surface area contributed by atoms with Gasteiger partial charge in [0.05, 0.1) is 10.8 Å². The van der Waals surface area contributed by atoms with E-state index in [4.69, 9.17) is 31.8 Å². The van der Waals surface area contributed by atoms with Gasteiger partial charge in [0.2, 0.25) is 15.8 Å². The van der Waals surface area contributed by atoms with Crippen LogP contribution >= 0.6 is 22.3 Å². The third-order valence-electron chi connectivity index (χ3n) is 2.48. The fraction of sp³-hybridized carbons (Fsp3) is 0.400. The Bertz CT molecular complexity index is 554. The number of halogens is 2. The first-order valence-electron chi connectivity index (χ1n) is 4.94. The number of ether oxygens (including phenoxy) is 2. The van der Waals surface area contributed by atoms with E-state index in [0.29, 0.717) is 28.5 Å². The van der Waals surface area contributed by atoms with Crippen molar-refractivity contribution in [1.29, 1.82) is 0 Å². The lowest BCUT2D eigenvalue weighted by Crippen LogP contribution is -2.00. The minimum absolute atomic E-state index is 0.0925. The smallest absolute Gasteiger partial charge is 0.236 e. The molecule has 0 N–H and O–H groups in total. The first kappa shape index (κ1) is 12.8. The maximum absolute atomic E-state index is 11.1. The predicted molar refractivity (Wildman–Crippen MR) is 65.4 cm³/mol. The van der Waals surface area contributed by atoms with Crippen molar-refractivity contribution in [2.24, 2.45) is 0 Å². The van der Waals surface area contributed by atoms with Gasteiger partial charge in [0.1, 0.15) is 0 Å². The summed E-state index contributed by atoms with van der Waals surface area (Å²) in [7, 11) is 1.63.